The zero-order valence-corrected chi connectivity index (χ0v) is 10.6. The van der Waals surface area contributed by atoms with Crippen molar-refractivity contribution in [1.29, 1.82) is 0 Å². The van der Waals surface area contributed by atoms with Crippen LogP contribution >= 0.6 is 11.6 Å². The molecule has 2 N–H and O–H groups in total. The molecule has 16 heavy (non-hydrogen) atoms. The van der Waals surface area contributed by atoms with Crippen LogP contribution in [-0.2, 0) is 0 Å². The van der Waals surface area contributed by atoms with Crippen LogP contribution in [0, 0.1) is 0 Å². The maximum absolute atomic E-state index is 8.96. The molecule has 0 aliphatic heterocycles. The highest BCUT2D eigenvalue weighted by molar-refractivity contribution is 6.32. The lowest BCUT2D eigenvalue weighted by Crippen LogP contribution is -2.31. The molecule has 0 bridgehead atoms. The second-order valence-corrected chi connectivity index (χ2v) is 4.27. The fourth-order valence-corrected chi connectivity index (χ4v) is 1.79. The van der Waals surface area contributed by atoms with Crippen molar-refractivity contribution in [2.75, 3.05) is 13.7 Å². The van der Waals surface area contributed by atoms with E-state index in [2.05, 4.69) is 5.32 Å². The molecular formula is C12H18ClNO2. The molecule has 0 saturated heterocycles. The van der Waals surface area contributed by atoms with Gasteiger partial charge >= 0.3 is 0 Å². The Balaban J connectivity index is 2.76. The molecule has 0 heterocycles. The Morgan fingerprint density at radius 2 is 2.12 bits per heavy atom. The molecule has 0 spiro atoms. The van der Waals surface area contributed by atoms with E-state index in [0.717, 1.165) is 5.56 Å². The second kappa shape index (κ2) is 6.09. The first-order valence-corrected chi connectivity index (χ1v) is 5.66. The SMILES string of the molecule is COc1ccc(C(C)N[C@H](C)CO)cc1Cl. The highest BCUT2D eigenvalue weighted by Gasteiger charge is 2.10. The number of halogens is 1. The van der Waals surface area contributed by atoms with Gasteiger partial charge in [-0.05, 0) is 31.5 Å². The standard InChI is InChI=1S/C12H18ClNO2/c1-8(7-15)14-9(2)10-4-5-12(16-3)11(13)6-10/h4-6,8-9,14-15H,7H2,1-3H3/t8-,9?/m1/s1. The summed E-state index contributed by atoms with van der Waals surface area (Å²) in [4.78, 5) is 0. The molecule has 0 amide bonds. The summed E-state index contributed by atoms with van der Waals surface area (Å²) in [6.45, 7) is 4.08. The highest BCUT2D eigenvalue weighted by atomic mass is 35.5. The third-order valence-corrected chi connectivity index (χ3v) is 2.78. The fraction of sp³-hybridized carbons (Fsp3) is 0.500. The van der Waals surface area contributed by atoms with Crippen LogP contribution in [0.25, 0.3) is 0 Å². The number of nitrogens with one attached hydrogen (secondary N) is 1. The van der Waals surface area contributed by atoms with Gasteiger partial charge in [0.15, 0.2) is 0 Å². The molecule has 2 atom stereocenters. The van der Waals surface area contributed by atoms with Crippen molar-refractivity contribution >= 4 is 11.6 Å². The molecule has 3 nitrogen and oxygen atoms in total. The van der Waals surface area contributed by atoms with E-state index in [-0.39, 0.29) is 18.7 Å². The first-order valence-electron chi connectivity index (χ1n) is 5.28. The Hall–Kier alpha value is -0.770. The zero-order chi connectivity index (χ0) is 12.1. The summed E-state index contributed by atoms with van der Waals surface area (Å²) in [7, 11) is 1.59. The number of hydrogen-bond acceptors (Lipinski definition) is 3. The Morgan fingerprint density at radius 3 is 2.62 bits per heavy atom. The van der Waals surface area contributed by atoms with Crippen molar-refractivity contribution in [3.05, 3.63) is 28.8 Å². The monoisotopic (exact) mass is 243 g/mol. The van der Waals surface area contributed by atoms with Gasteiger partial charge < -0.3 is 15.2 Å². The smallest absolute Gasteiger partial charge is 0.137 e. The van der Waals surface area contributed by atoms with E-state index in [1.807, 2.05) is 32.0 Å². The van der Waals surface area contributed by atoms with Crippen LogP contribution in [0.2, 0.25) is 5.02 Å². The molecule has 0 saturated carbocycles. The average Bonchev–Trinajstić information content (AvgIpc) is 2.28. The van der Waals surface area contributed by atoms with Crippen LogP contribution in [0.3, 0.4) is 0 Å². The number of ether oxygens (including phenoxy) is 1. The van der Waals surface area contributed by atoms with Crippen LogP contribution in [0.4, 0.5) is 0 Å². The highest BCUT2D eigenvalue weighted by Crippen LogP contribution is 2.27. The van der Waals surface area contributed by atoms with Crippen molar-refractivity contribution in [3.8, 4) is 5.75 Å². The van der Waals surface area contributed by atoms with Crippen LogP contribution in [0.15, 0.2) is 18.2 Å². The van der Waals surface area contributed by atoms with Crippen LogP contribution < -0.4 is 10.1 Å². The van der Waals surface area contributed by atoms with Gasteiger partial charge in [0.1, 0.15) is 5.75 Å². The summed E-state index contributed by atoms with van der Waals surface area (Å²) in [6.07, 6.45) is 0. The third kappa shape index (κ3) is 3.37. The Labute approximate surface area is 101 Å². The molecule has 0 aromatic heterocycles. The largest absolute Gasteiger partial charge is 0.495 e. The second-order valence-electron chi connectivity index (χ2n) is 3.87. The maximum Gasteiger partial charge on any atom is 0.137 e. The number of rotatable bonds is 5. The van der Waals surface area contributed by atoms with Gasteiger partial charge in [0.2, 0.25) is 0 Å². The number of methoxy groups -OCH3 is 1. The molecule has 4 heteroatoms. The van der Waals surface area contributed by atoms with Gasteiger partial charge in [0.25, 0.3) is 0 Å². The number of benzene rings is 1. The van der Waals surface area contributed by atoms with Crippen molar-refractivity contribution in [2.24, 2.45) is 0 Å². The molecule has 1 aromatic carbocycles. The quantitative estimate of drug-likeness (QED) is 0.835. The normalized spacial score (nSPS) is 14.6. The van der Waals surface area contributed by atoms with Crippen molar-refractivity contribution in [3.63, 3.8) is 0 Å². The van der Waals surface area contributed by atoms with E-state index in [1.54, 1.807) is 7.11 Å². The lowest BCUT2D eigenvalue weighted by molar-refractivity contribution is 0.243. The van der Waals surface area contributed by atoms with Gasteiger partial charge in [-0.15, -0.1) is 0 Å². The Morgan fingerprint density at radius 1 is 1.44 bits per heavy atom. The third-order valence-electron chi connectivity index (χ3n) is 2.48. The van der Waals surface area contributed by atoms with E-state index in [1.165, 1.54) is 0 Å². The van der Waals surface area contributed by atoms with Gasteiger partial charge in [0, 0.05) is 12.1 Å². The van der Waals surface area contributed by atoms with Gasteiger partial charge in [0.05, 0.1) is 18.7 Å². The summed E-state index contributed by atoms with van der Waals surface area (Å²) < 4.78 is 5.09. The fourth-order valence-electron chi connectivity index (χ4n) is 1.53. The molecule has 1 aromatic rings. The average molecular weight is 244 g/mol. The lowest BCUT2D eigenvalue weighted by atomic mass is 10.1. The minimum atomic E-state index is 0.0656. The van der Waals surface area contributed by atoms with E-state index in [0.29, 0.717) is 10.8 Å². The molecule has 0 radical (unpaired) electrons. The predicted molar refractivity (Wildman–Crippen MR) is 66.1 cm³/mol. The summed E-state index contributed by atoms with van der Waals surface area (Å²) in [5.41, 5.74) is 1.08. The number of hydrogen-bond donors (Lipinski definition) is 2. The maximum atomic E-state index is 8.96. The zero-order valence-electron chi connectivity index (χ0n) is 9.83. The van der Waals surface area contributed by atoms with E-state index in [4.69, 9.17) is 21.4 Å². The van der Waals surface area contributed by atoms with Crippen molar-refractivity contribution < 1.29 is 9.84 Å². The predicted octanol–water partition coefficient (Wildman–Crippen LogP) is 2.38. The molecular weight excluding hydrogens is 226 g/mol. The number of aliphatic hydroxyl groups excluding tert-OH is 1. The van der Waals surface area contributed by atoms with Crippen molar-refractivity contribution in [1.82, 2.24) is 5.32 Å². The van der Waals surface area contributed by atoms with Crippen LogP contribution in [-0.4, -0.2) is 24.9 Å². The molecule has 0 aliphatic rings. The van der Waals surface area contributed by atoms with E-state index in [9.17, 15) is 0 Å². The van der Waals surface area contributed by atoms with Gasteiger partial charge in [-0.1, -0.05) is 17.7 Å². The number of aliphatic hydroxyl groups is 1. The Bertz CT molecular complexity index is 344. The van der Waals surface area contributed by atoms with E-state index < -0.39 is 0 Å². The molecule has 90 valence electrons. The lowest BCUT2D eigenvalue weighted by Gasteiger charge is -2.19. The first kappa shape index (κ1) is 13.3. The summed E-state index contributed by atoms with van der Waals surface area (Å²) in [5, 5.41) is 12.8. The van der Waals surface area contributed by atoms with Crippen molar-refractivity contribution in [2.45, 2.75) is 25.9 Å². The van der Waals surface area contributed by atoms with E-state index >= 15 is 0 Å². The summed E-state index contributed by atoms with van der Waals surface area (Å²) in [5.74, 6) is 0.674. The molecule has 1 rings (SSSR count). The topological polar surface area (TPSA) is 41.5 Å². The van der Waals surface area contributed by atoms with Gasteiger partial charge in [-0.2, -0.15) is 0 Å². The molecule has 0 fully saturated rings. The van der Waals surface area contributed by atoms with Crippen LogP contribution in [0.1, 0.15) is 25.5 Å². The summed E-state index contributed by atoms with van der Waals surface area (Å²) in [6, 6.07) is 5.90. The summed E-state index contributed by atoms with van der Waals surface area (Å²) >= 11 is 6.04. The first-order chi connectivity index (χ1) is 7.58. The van der Waals surface area contributed by atoms with Crippen LogP contribution in [0.5, 0.6) is 5.75 Å². The minimum Gasteiger partial charge on any atom is -0.495 e. The Kier molecular flexibility index (Phi) is 5.06. The van der Waals surface area contributed by atoms with Gasteiger partial charge in [-0.25, -0.2) is 0 Å². The van der Waals surface area contributed by atoms with Gasteiger partial charge in [-0.3, -0.25) is 0 Å². The molecule has 0 aliphatic carbocycles. The minimum absolute atomic E-state index is 0.0656. The molecule has 1 unspecified atom stereocenters.